The van der Waals surface area contributed by atoms with E-state index in [9.17, 15) is 4.55 Å². The molecule has 0 aliphatic heterocycles. The third-order valence-corrected chi connectivity index (χ3v) is 4.49. The zero-order chi connectivity index (χ0) is 6.41. The van der Waals surface area contributed by atoms with E-state index in [0.29, 0.717) is 0 Å². The van der Waals surface area contributed by atoms with Crippen molar-refractivity contribution in [2.75, 3.05) is 22.7 Å². The van der Waals surface area contributed by atoms with E-state index in [1.807, 2.05) is 12.5 Å². The van der Waals surface area contributed by atoms with Crippen LogP contribution in [-0.2, 0) is 11.2 Å². The largest absolute Gasteiger partial charge is 0.615 e. The lowest BCUT2D eigenvalue weighted by Crippen LogP contribution is -2.04. The van der Waals surface area contributed by atoms with Crippen LogP contribution in [0.3, 0.4) is 0 Å². The van der Waals surface area contributed by atoms with Crippen molar-refractivity contribution in [3.63, 3.8) is 0 Å². The molecule has 0 unspecified atom stereocenters. The van der Waals surface area contributed by atoms with Gasteiger partial charge >= 0.3 is 0 Å². The molecule has 8 heavy (non-hydrogen) atoms. The van der Waals surface area contributed by atoms with Gasteiger partial charge < -0.3 is 4.55 Å². The Morgan fingerprint density at radius 3 is 1.88 bits per heavy atom. The van der Waals surface area contributed by atoms with Gasteiger partial charge in [0, 0.05) is 0 Å². The first-order chi connectivity index (χ1) is 3.81. The lowest BCUT2D eigenvalue weighted by atomic mass is 11.8. The highest BCUT2D eigenvalue weighted by molar-refractivity contribution is 8.18. The fourth-order valence-electron chi connectivity index (χ4n) is 0.297. The Bertz CT molecular complexity index is 44.5. The normalized spacial score (nSPS) is 10.5. The maximum atomic E-state index is 10.7. The summed E-state index contributed by atoms with van der Waals surface area (Å²) < 4.78 is 10.7. The number of hydrogen-bond acceptors (Lipinski definition) is 3. The molecule has 50 valence electrons. The third-order valence-electron chi connectivity index (χ3n) is 0.499. The predicted molar refractivity (Wildman–Crippen MR) is 44.9 cm³/mol. The molecule has 0 aromatic carbocycles. The summed E-state index contributed by atoms with van der Waals surface area (Å²) >= 11 is 2.68. The summed E-state index contributed by atoms with van der Waals surface area (Å²) in [7, 11) is 0. The van der Waals surface area contributed by atoms with Gasteiger partial charge in [-0.1, -0.05) is 0 Å². The summed E-state index contributed by atoms with van der Waals surface area (Å²) in [6, 6.07) is 0. The van der Waals surface area contributed by atoms with Gasteiger partial charge in [0.15, 0.2) is 10.2 Å². The van der Waals surface area contributed by atoms with Crippen LogP contribution in [-0.4, -0.2) is 27.2 Å². The molecule has 0 spiro atoms. The molecule has 0 rings (SSSR count). The Hall–Kier alpha value is 1.01. The van der Waals surface area contributed by atoms with Gasteiger partial charge in [-0.25, -0.2) is 0 Å². The minimum atomic E-state index is -0.594. The molecule has 0 aliphatic carbocycles. The minimum absolute atomic E-state index is 0.594. The maximum Gasteiger partial charge on any atom is 0.151 e. The standard InChI is InChI=1S/C4H10OS3/c1-6-3-8(5)4-7-2/h3-4H2,1-2H3. The lowest BCUT2D eigenvalue weighted by molar-refractivity contribution is 0.604. The van der Waals surface area contributed by atoms with Gasteiger partial charge in [-0.3, -0.25) is 0 Å². The first kappa shape index (κ1) is 9.01. The molecule has 0 radical (unpaired) electrons. The molecular formula is C4H10OS3. The number of hydrogen-bond donors (Lipinski definition) is 0. The van der Waals surface area contributed by atoms with Crippen LogP contribution in [0, 0.1) is 0 Å². The quantitative estimate of drug-likeness (QED) is 0.595. The molecule has 0 heterocycles. The Morgan fingerprint density at radius 1 is 1.25 bits per heavy atom. The zero-order valence-electron chi connectivity index (χ0n) is 5.05. The van der Waals surface area contributed by atoms with Crippen LogP contribution in [0.15, 0.2) is 0 Å². The molecule has 0 aliphatic rings. The van der Waals surface area contributed by atoms with Gasteiger partial charge in [0.2, 0.25) is 0 Å². The van der Waals surface area contributed by atoms with E-state index in [1.165, 1.54) is 0 Å². The predicted octanol–water partition coefficient (Wildman–Crippen LogP) is 1.38. The second-order valence-electron chi connectivity index (χ2n) is 1.25. The van der Waals surface area contributed by atoms with E-state index in [1.54, 1.807) is 23.5 Å². The minimum Gasteiger partial charge on any atom is -0.615 e. The molecule has 1 nitrogen and oxygen atoms in total. The molecule has 0 aromatic heterocycles. The van der Waals surface area contributed by atoms with Crippen LogP contribution in [0.1, 0.15) is 0 Å². The molecule has 0 N–H and O–H groups in total. The molecule has 0 amide bonds. The second-order valence-corrected chi connectivity index (χ2v) is 5.17. The zero-order valence-corrected chi connectivity index (χ0v) is 7.50. The van der Waals surface area contributed by atoms with Crippen molar-refractivity contribution < 1.29 is 4.55 Å². The van der Waals surface area contributed by atoms with Crippen LogP contribution in [0.5, 0.6) is 0 Å². The van der Waals surface area contributed by atoms with Crippen molar-refractivity contribution in [2.45, 2.75) is 0 Å². The molecule has 0 bridgehead atoms. The fourth-order valence-corrected chi connectivity index (χ4v) is 3.28. The molecule has 0 fully saturated rings. The summed E-state index contributed by atoms with van der Waals surface area (Å²) in [5.74, 6) is 0. The van der Waals surface area contributed by atoms with Gasteiger partial charge in [0.1, 0.15) is 0 Å². The van der Waals surface area contributed by atoms with Crippen LogP contribution in [0.25, 0.3) is 0 Å². The Labute approximate surface area is 62.2 Å². The Morgan fingerprint density at radius 2 is 1.62 bits per heavy atom. The van der Waals surface area contributed by atoms with Crippen LogP contribution in [0.4, 0.5) is 0 Å². The fraction of sp³-hybridized carbons (Fsp3) is 1.00. The SMILES string of the molecule is CSC[S+]([O-])CSC. The first-order valence-corrected chi connectivity index (χ1v) is 6.41. The highest BCUT2D eigenvalue weighted by atomic mass is 32.3. The lowest BCUT2D eigenvalue weighted by Gasteiger charge is -2.05. The third kappa shape index (κ3) is 5.15. The molecule has 0 saturated heterocycles. The van der Waals surface area contributed by atoms with Gasteiger partial charge in [-0.15, -0.1) is 23.5 Å². The highest BCUT2D eigenvalue weighted by Gasteiger charge is 2.00. The summed E-state index contributed by atoms with van der Waals surface area (Å²) in [6.07, 6.45) is 3.94. The summed E-state index contributed by atoms with van der Waals surface area (Å²) in [4.78, 5) is 0. The Kier molecular flexibility index (Phi) is 6.91. The topological polar surface area (TPSA) is 23.1 Å². The van der Waals surface area contributed by atoms with Crippen molar-refractivity contribution >= 4 is 34.7 Å². The molecule has 0 atom stereocenters. The molecule has 4 heteroatoms. The van der Waals surface area contributed by atoms with E-state index < -0.39 is 11.2 Å². The first-order valence-electron chi connectivity index (χ1n) is 2.14. The number of thioether (sulfide) groups is 2. The van der Waals surface area contributed by atoms with Crippen molar-refractivity contribution in [1.29, 1.82) is 0 Å². The second kappa shape index (κ2) is 6.13. The molecule has 0 aromatic rings. The van der Waals surface area contributed by atoms with E-state index in [0.717, 1.165) is 10.2 Å². The average molecular weight is 170 g/mol. The highest BCUT2D eigenvalue weighted by Crippen LogP contribution is 2.06. The smallest absolute Gasteiger partial charge is 0.151 e. The van der Waals surface area contributed by atoms with Crippen molar-refractivity contribution in [3.8, 4) is 0 Å². The van der Waals surface area contributed by atoms with E-state index >= 15 is 0 Å². The monoisotopic (exact) mass is 170 g/mol. The van der Waals surface area contributed by atoms with Gasteiger partial charge in [-0.05, 0) is 23.7 Å². The number of rotatable bonds is 4. The van der Waals surface area contributed by atoms with Gasteiger partial charge in [-0.2, -0.15) is 0 Å². The van der Waals surface area contributed by atoms with E-state index in [-0.39, 0.29) is 0 Å². The van der Waals surface area contributed by atoms with Crippen LogP contribution in [0.2, 0.25) is 0 Å². The Balaban J connectivity index is 2.92. The summed E-state index contributed by atoms with van der Waals surface area (Å²) in [5, 5.41) is 1.56. The van der Waals surface area contributed by atoms with Crippen LogP contribution >= 0.6 is 23.5 Å². The van der Waals surface area contributed by atoms with Gasteiger partial charge in [0.25, 0.3) is 0 Å². The van der Waals surface area contributed by atoms with E-state index in [4.69, 9.17) is 0 Å². The van der Waals surface area contributed by atoms with Crippen molar-refractivity contribution in [1.82, 2.24) is 0 Å². The summed E-state index contributed by atoms with van der Waals surface area (Å²) in [6.45, 7) is 0. The van der Waals surface area contributed by atoms with Crippen LogP contribution < -0.4 is 0 Å². The summed E-state index contributed by atoms with van der Waals surface area (Å²) in [5.41, 5.74) is 0. The van der Waals surface area contributed by atoms with Crippen molar-refractivity contribution in [3.05, 3.63) is 0 Å². The average Bonchev–Trinajstić information content (AvgIpc) is 1.68. The maximum absolute atomic E-state index is 10.7. The van der Waals surface area contributed by atoms with Crippen molar-refractivity contribution in [2.24, 2.45) is 0 Å². The van der Waals surface area contributed by atoms with Gasteiger partial charge in [0.05, 0.1) is 0 Å². The van der Waals surface area contributed by atoms with E-state index in [2.05, 4.69) is 0 Å². The molecule has 0 saturated carbocycles. The molecular weight excluding hydrogens is 160 g/mol.